The first-order valence-corrected chi connectivity index (χ1v) is 8.13. The molecule has 1 aliphatic heterocycles. The van der Waals surface area contributed by atoms with Gasteiger partial charge in [0.15, 0.2) is 5.82 Å². The van der Waals surface area contributed by atoms with E-state index in [1.807, 2.05) is 24.7 Å². The van der Waals surface area contributed by atoms with E-state index in [4.69, 9.17) is 0 Å². The van der Waals surface area contributed by atoms with Crippen molar-refractivity contribution in [1.29, 1.82) is 0 Å². The number of rotatable bonds is 5. The van der Waals surface area contributed by atoms with Gasteiger partial charge in [-0.3, -0.25) is 14.3 Å². The summed E-state index contributed by atoms with van der Waals surface area (Å²) < 4.78 is 3.48. The maximum atomic E-state index is 12.6. The van der Waals surface area contributed by atoms with Crippen molar-refractivity contribution in [2.75, 3.05) is 11.9 Å². The molecule has 1 atom stereocenters. The van der Waals surface area contributed by atoms with Gasteiger partial charge in [0.25, 0.3) is 0 Å². The van der Waals surface area contributed by atoms with E-state index in [9.17, 15) is 9.59 Å². The molecule has 3 rings (SSSR count). The van der Waals surface area contributed by atoms with Crippen LogP contribution < -0.4 is 5.32 Å². The van der Waals surface area contributed by atoms with Crippen molar-refractivity contribution < 1.29 is 9.59 Å². The number of amides is 2. The molecule has 128 valence electrons. The van der Waals surface area contributed by atoms with Crippen LogP contribution in [0.3, 0.4) is 0 Å². The van der Waals surface area contributed by atoms with Gasteiger partial charge in [-0.25, -0.2) is 4.98 Å². The molecule has 24 heavy (non-hydrogen) atoms. The molecule has 0 spiro atoms. The number of nitrogens with zero attached hydrogens (tertiary/aromatic N) is 5. The zero-order valence-corrected chi connectivity index (χ0v) is 14.2. The van der Waals surface area contributed by atoms with Crippen LogP contribution in [0.15, 0.2) is 18.5 Å². The molecule has 0 saturated carbocycles. The lowest BCUT2D eigenvalue weighted by Crippen LogP contribution is -2.44. The topological polar surface area (TPSA) is 85.1 Å². The number of anilines is 1. The summed E-state index contributed by atoms with van der Waals surface area (Å²) in [5.41, 5.74) is 0.686. The lowest BCUT2D eigenvalue weighted by molar-refractivity contribution is -0.135. The van der Waals surface area contributed by atoms with E-state index in [1.165, 1.54) is 0 Å². The molecule has 8 heteroatoms. The van der Waals surface area contributed by atoms with Crippen molar-refractivity contribution in [3.63, 3.8) is 0 Å². The number of carbonyl (C=O) groups excluding carboxylic acids is 2. The van der Waals surface area contributed by atoms with Crippen LogP contribution in [0.4, 0.5) is 5.82 Å². The Hall–Kier alpha value is -2.64. The average molecular weight is 330 g/mol. The fourth-order valence-electron chi connectivity index (χ4n) is 3.06. The van der Waals surface area contributed by atoms with Gasteiger partial charge in [0.1, 0.15) is 17.6 Å². The Morgan fingerprint density at radius 1 is 1.42 bits per heavy atom. The zero-order valence-electron chi connectivity index (χ0n) is 14.2. The molecule has 1 saturated heterocycles. The van der Waals surface area contributed by atoms with Crippen LogP contribution in [-0.2, 0) is 23.7 Å². The quantitative estimate of drug-likeness (QED) is 0.891. The molecule has 8 nitrogen and oxygen atoms in total. The van der Waals surface area contributed by atoms with Gasteiger partial charge in [-0.15, -0.1) is 0 Å². The summed E-state index contributed by atoms with van der Waals surface area (Å²) >= 11 is 0. The minimum absolute atomic E-state index is 0.0516. The van der Waals surface area contributed by atoms with Crippen LogP contribution in [-0.4, -0.2) is 48.6 Å². The van der Waals surface area contributed by atoms with Crippen molar-refractivity contribution in [3.05, 3.63) is 18.5 Å². The van der Waals surface area contributed by atoms with Crippen molar-refractivity contribution in [1.82, 2.24) is 24.2 Å². The first-order valence-electron chi connectivity index (χ1n) is 8.13. The molecule has 0 aromatic carbocycles. The van der Waals surface area contributed by atoms with Gasteiger partial charge in [-0.1, -0.05) is 6.92 Å². The number of aryl methyl sites for hydroxylation is 2. The first kappa shape index (κ1) is 16.2. The number of carbonyl (C=O) groups is 2. The fourth-order valence-corrected chi connectivity index (χ4v) is 3.06. The van der Waals surface area contributed by atoms with Crippen LogP contribution >= 0.6 is 0 Å². The molecule has 1 unspecified atom stereocenters. The molecule has 1 N–H and O–H groups in total. The summed E-state index contributed by atoms with van der Waals surface area (Å²) in [6.45, 7) is 2.56. The molecule has 0 bridgehead atoms. The molecule has 2 amide bonds. The third kappa shape index (κ3) is 2.91. The summed E-state index contributed by atoms with van der Waals surface area (Å²) in [6.07, 6.45) is 5.47. The van der Waals surface area contributed by atoms with E-state index < -0.39 is 6.04 Å². The molecule has 0 aliphatic carbocycles. The maximum absolute atomic E-state index is 12.6. The van der Waals surface area contributed by atoms with Crippen LogP contribution in [0.1, 0.15) is 26.2 Å². The standard InChI is InChI=1S/C16H22N6O2/c1-4-12(22-8-5-6-14(22)23)16(24)18-13-10-11(19-21(13)3)15-17-7-9-20(15)2/h7,9-10,12H,4-6,8H2,1-3H3,(H,18,24). The Bertz CT molecular complexity index is 762. The second-order valence-corrected chi connectivity index (χ2v) is 6.00. The monoisotopic (exact) mass is 330 g/mol. The average Bonchev–Trinajstić information content (AvgIpc) is 3.23. The molecule has 1 aliphatic rings. The van der Waals surface area contributed by atoms with E-state index in [2.05, 4.69) is 15.4 Å². The number of hydrogen-bond donors (Lipinski definition) is 1. The molecule has 2 aromatic rings. The van der Waals surface area contributed by atoms with E-state index in [0.29, 0.717) is 30.9 Å². The molecular formula is C16H22N6O2. The molecule has 0 radical (unpaired) electrons. The largest absolute Gasteiger partial charge is 0.333 e. The lowest BCUT2D eigenvalue weighted by atomic mass is 10.2. The number of hydrogen-bond acceptors (Lipinski definition) is 4. The Morgan fingerprint density at radius 3 is 2.79 bits per heavy atom. The van der Waals surface area contributed by atoms with Crippen LogP contribution in [0.5, 0.6) is 0 Å². The summed E-state index contributed by atoms with van der Waals surface area (Å²) in [6, 6.07) is 1.35. The third-order valence-corrected chi connectivity index (χ3v) is 4.36. The predicted molar refractivity (Wildman–Crippen MR) is 89.1 cm³/mol. The smallest absolute Gasteiger partial charge is 0.248 e. The molecular weight excluding hydrogens is 308 g/mol. The second kappa shape index (κ2) is 6.46. The lowest BCUT2D eigenvalue weighted by Gasteiger charge is -2.25. The summed E-state index contributed by atoms with van der Waals surface area (Å²) in [4.78, 5) is 30.5. The number of nitrogens with one attached hydrogen (secondary N) is 1. The number of imidazole rings is 1. The Labute approximate surface area is 140 Å². The van der Waals surface area contributed by atoms with Crippen LogP contribution in [0.25, 0.3) is 11.5 Å². The van der Waals surface area contributed by atoms with Gasteiger partial charge < -0.3 is 14.8 Å². The third-order valence-electron chi connectivity index (χ3n) is 4.36. The SMILES string of the molecule is CCC(C(=O)Nc1cc(-c2nccn2C)nn1C)N1CCCC1=O. The number of likely N-dealkylation sites (tertiary alicyclic amines) is 1. The van der Waals surface area contributed by atoms with Crippen molar-refractivity contribution >= 4 is 17.6 Å². The Balaban J connectivity index is 1.78. The first-order chi connectivity index (χ1) is 11.5. The van der Waals surface area contributed by atoms with Gasteiger partial charge in [0.2, 0.25) is 11.8 Å². The second-order valence-electron chi connectivity index (χ2n) is 6.00. The fraction of sp³-hybridized carbons (Fsp3) is 0.500. The summed E-state index contributed by atoms with van der Waals surface area (Å²) in [5, 5.41) is 7.29. The van der Waals surface area contributed by atoms with E-state index >= 15 is 0 Å². The zero-order chi connectivity index (χ0) is 17.3. The van der Waals surface area contributed by atoms with Gasteiger partial charge in [0.05, 0.1) is 0 Å². The molecule has 1 fully saturated rings. The summed E-state index contributed by atoms with van der Waals surface area (Å²) in [5.74, 6) is 1.19. The maximum Gasteiger partial charge on any atom is 0.248 e. The highest BCUT2D eigenvalue weighted by Gasteiger charge is 2.31. The highest BCUT2D eigenvalue weighted by molar-refractivity contribution is 5.97. The van der Waals surface area contributed by atoms with E-state index in [0.717, 1.165) is 12.2 Å². The Morgan fingerprint density at radius 2 is 2.21 bits per heavy atom. The van der Waals surface area contributed by atoms with Gasteiger partial charge >= 0.3 is 0 Å². The van der Waals surface area contributed by atoms with Crippen LogP contribution in [0.2, 0.25) is 0 Å². The van der Waals surface area contributed by atoms with E-state index in [1.54, 1.807) is 28.9 Å². The highest BCUT2D eigenvalue weighted by Crippen LogP contribution is 2.21. The minimum atomic E-state index is -0.438. The van der Waals surface area contributed by atoms with Crippen molar-refractivity contribution in [2.24, 2.45) is 14.1 Å². The van der Waals surface area contributed by atoms with Crippen LogP contribution in [0, 0.1) is 0 Å². The Kier molecular flexibility index (Phi) is 4.37. The highest BCUT2D eigenvalue weighted by atomic mass is 16.2. The molecule has 2 aromatic heterocycles. The van der Waals surface area contributed by atoms with Gasteiger partial charge in [-0.2, -0.15) is 5.10 Å². The normalized spacial score (nSPS) is 15.8. The minimum Gasteiger partial charge on any atom is -0.333 e. The number of aromatic nitrogens is 4. The van der Waals surface area contributed by atoms with E-state index in [-0.39, 0.29) is 11.8 Å². The van der Waals surface area contributed by atoms with Crippen molar-refractivity contribution in [3.8, 4) is 11.5 Å². The van der Waals surface area contributed by atoms with Gasteiger partial charge in [-0.05, 0) is 12.8 Å². The molecule has 3 heterocycles. The summed E-state index contributed by atoms with van der Waals surface area (Å²) in [7, 11) is 3.66. The predicted octanol–water partition coefficient (Wildman–Crippen LogP) is 1.16. The van der Waals surface area contributed by atoms with Gasteiger partial charge in [0, 0.05) is 45.5 Å². The van der Waals surface area contributed by atoms with Crippen molar-refractivity contribution in [2.45, 2.75) is 32.2 Å².